The Labute approximate surface area is 138 Å². The van der Waals surface area contributed by atoms with Gasteiger partial charge in [0.1, 0.15) is 5.52 Å². The molecule has 0 radical (unpaired) electrons. The van der Waals surface area contributed by atoms with Gasteiger partial charge in [-0.2, -0.15) is 13.2 Å². The topological polar surface area (TPSA) is 75.4 Å². The van der Waals surface area contributed by atoms with Crippen molar-refractivity contribution in [2.75, 3.05) is 10.2 Å². The van der Waals surface area contributed by atoms with Gasteiger partial charge in [-0.25, -0.2) is 14.7 Å². The number of urea groups is 1. The molecule has 3 aromatic rings. The van der Waals surface area contributed by atoms with Crippen LogP contribution in [0.2, 0.25) is 0 Å². The van der Waals surface area contributed by atoms with E-state index in [-0.39, 0.29) is 12.1 Å². The van der Waals surface area contributed by atoms with Crippen LogP contribution in [-0.4, -0.2) is 17.4 Å². The van der Waals surface area contributed by atoms with Crippen molar-refractivity contribution in [1.29, 1.82) is 0 Å². The van der Waals surface area contributed by atoms with E-state index in [9.17, 15) is 22.8 Å². The molecular weight excluding hydrogens is 339 g/mol. The monoisotopic (exact) mass is 349 g/mol. The maximum absolute atomic E-state index is 12.6. The Morgan fingerprint density at radius 1 is 1.16 bits per heavy atom. The van der Waals surface area contributed by atoms with Gasteiger partial charge in [-0.15, -0.1) is 0 Å². The van der Waals surface area contributed by atoms with Crippen molar-refractivity contribution in [2.24, 2.45) is 0 Å². The number of fused-ring (bicyclic) bond motifs is 1. The van der Waals surface area contributed by atoms with E-state index < -0.39 is 17.8 Å². The summed E-state index contributed by atoms with van der Waals surface area (Å²) in [7, 11) is 0. The fourth-order valence-corrected chi connectivity index (χ4v) is 2.16. The summed E-state index contributed by atoms with van der Waals surface area (Å²) < 4.78 is 42.8. The van der Waals surface area contributed by atoms with Gasteiger partial charge in [0.05, 0.1) is 11.3 Å². The molecule has 0 unspecified atom stereocenters. The number of imide groups is 1. The van der Waals surface area contributed by atoms with E-state index in [0.717, 1.165) is 24.3 Å². The molecule has 0 fully saturated rings. The zero-order valence-corrected chi connectivity index (χ0v) is 12.4. The SMILES string of the molecule is O=CN(C(=O)Nc1ccc2ocnc2c1)c1ccc(C(F)(F)F)cc1. The third-order valence-electron chi connectivity index (χ3n) is 3.38. The maximum atomic E-state index is 12.6. The molecule has 0 saturated carbocycles. The number of hydrogen-bond acceptors (Lipinski definition) is 4. The van der Waals surface area contributed by atoms with Gasteiger partial charge < -0.3 is 9.73 Å². The number of nitrogens with one attached hydrogen (secondary N) is 1. The van der Waals surface area contributed by atoms with Crippen LogP contribution < -0.4 is 10.2 Å². The number of nitrogens with zero attached hydrogens (tertiary/aromatic N) is 2. The summed E-state index contributed by atoms with van der Waals surface area (Å²) in [6.07, 6.45) is -3.04. The number of rotatable bonds is 3. The van der Waals surface area contributed by atoms with Crippen molar-refractivity contribution in [1.82, 2.24) is 4.98 Å². The standard InChI is InChI=1S/C16H10F3N3O3/c17-16(18,19)10-1-4-12(5-2-10)22(9-23)15(24)21-11-3-6-14-13(7-11)20-8-25-14/h1-9H,(H,21,24). The lowest BCUT2D eigenvalue weighted by atomic mass is 10.2. The van der Waals surface area contributed by atoms with Crippen LogP contribution in [0.5, 0.6) is 0 Å². The summed E-state index contributed by atoms with van der Waals surface area (Å²) in [5.74, 6) is 0. The van der Waals surface area contributed by atoms with E-state index >= 15 is 0 Å². The number of carbonyl (C=O) groups excluding carboxylic acids is 2. The molecule has 0 atom stereocenters. The lowest BCUT2D eigenvalue weighted by Gasteiger charge is -2.17. The number of alkyl halides is 3. The summed E-state index contributed by atoms with van der Waals surface area (Å²) in [6, 6.07) is 7.50. The molecule has 9 heteroatoms. The van der Waals surface area contributed by atoms with Gasteiger partial charge in [0.25, 0.3) is 0 Å². The molecule has 0 aliphatic heterocycles. The highest BCUT2D eigenvalue weighted by molar-refractivity contribution is 6.12. The fraction of sp³-hybridized carbons (Fsp3) is 0.0625. The molecule has 6 nitrogen and oxygen atoms in total. The van der Waals surface area contributed by atoms with Crippen LogP contribution in [0.25, 0.3) is 11.1 Å². The molecule has 1 heterocycles. The molecule has 128 valence electrons. The molecule has 3 amide bonds. The van der Waals surface area contributed by atoms with E-state index in [1.54, 1.807) is 12.1 Å². The lowest BCUT2D eigenvalue weighted by molar-refractivity contribution is -0.137. The van der Waals surface area contributed by atoms with Crippen molar-refractivity contribution < 1.29 is 27.2 Å². The first-order chi connectivity index (χ1) is 11.9. The Morgan fingerprint density at radius 2 is 1.88 bits per heavy atom. The maximum Gasteiger partial charge on any atom is 0.416 e. The first-order valence-corrected chi connectivity index (χ1v) is 6.94. The van der Waals surface area contributed by atoms with E-state index in [2.05, 4.69) is 10.3 Å². The van der Waals surface area contributed by atoms with Crippen molar-refractivity contribution >= 4 is 34.9 Å². The quantitative estimate of drug-likeness (QED) is 0.724. The van der Waals surface area contributed by atoms with Crippen LogP contribution in [0.3, 0.4) is 0 Å². The number of amides is 3. The van der Waals surface area contributed by atoms with Crippen LogP contribution in [0, 0.1) is 0 Å². The molecule has 0 bridgehead atoms. The predicted octanol–water partition coefficient (Wildman–Crippen LogP) is 4.04. The molecule has 1 aromatic heterocycles. The van der Waals surface area contributed by atoms with Crippen LogP contribution in [-0.2, 0) is 11.0 Å². The average molecular weight is 349 g/mol. The van der Waals surface area contributed by atoms with E-state index in [0.29, 0.717) is 21.7 Å². The summed E-state index contributed by atoms with van der Waals surface area (Å²) in [5, 5.41) is 2.47. The number of carbonyl (C=O) groups is 2. The molecule has 25 heavy (non-hydrogen) atoms. The third kappa shape index (κ3) is 3.44. The summed E-state index contributed by atoms with van der Waals surface area (Å²) in [6.45, 7) is 0. The molecular formula is C16H10F3N3O3. The van der Waals surface area contributed by atoms with Gasteiger partial charge in [-0.1, -0.05) is 0 Å². The van der Waals surface area contributed by atoms with Crippen molar-refractivity contribution in [3.8, 4) is 0 Å². The minimum Gasteiger partial charge on any atom is -0.443 e. The molecule has 0 aliphatic rings. The van der Waals surface area contributed by atoms with E-state index in [1.165, 1.54) is 12.5 Å². The van der Waals surface area contributed by atoms with Gasteiger partial charge in [0, 0.05) is 5.69 Å². The predicted molar refractivity (Wildman–Crippen MR) is 83.0 cm³/mol. The molecule has 0 saturated heterocycles. The van der Waals surface area contributed by atoms with Crippen molar-refractivity contribution in [3.05, 3.63) is 54.4 Å². The highest BCUT2D eigenvalue weighted by atomic mass is 19.4. The Bertz CT molecular complexity index is 920. The number of oxazole rings is 1. The second-order valence-electron chi connectivity index (χ2n) is 4.99. The minimum absolute atomic E-state index is 0.00279. The van der Waals surface area contributed by atoms with E-state index in [1.807, 2.05) is 0 Å². The number of anilines is 2. The highest BCUT2D eigenvalue weighted by Gasteiger charge is 2.30. The van der Waals surface area contributed by atoms with Crippen molar-refractivity contribution in [3.63, 3.8) is 0 Å². The van der Waals surface area contributed by atoms with Gasteiger partial charge in [0.2, 0.25) is 6.41 Å². The molecule has 0 spiro atoms. The number of benzene rings is 2. The first-order valence-electron chi connectivity index (χ1n) is 6.94. The van der Waals surface area contributed by atoms with Gasteiger partial charge in [0.15, 0.2) is 12.0 Å². The number of halogens is 3. The highest BCUT2D eigenvalue weighted by Crippen LogP contribution is 2.30. The number of aromatic nitrogens is 1. The summed E-state index contributed by atoms with van der Waals surface area (Å²) in [5.41, 5.74) is 0.505. The van der Waals surface area contributed by atoms with Gasteiger partial charge >= 0.3 is 12.2 Å². The fourth-order valence-electron chi connectivity index (χ4n) is 2.16. The van der Waals surface area contributed by atoms with Gasteiger partial charge in [-0.05, 0) is 42.5 Å². The van der Waals surface area contributed by atoms with E-state index in [4.69, 9.17) is 4.42 Å². The second kappa shape index (κ2) is 6.27. The van der Waals surface area contributed by atoms with Crippen LogP contribution >= 0.6 is 0 Å². The van der Waals surface area contributed by atoms with Crippen LogP contribution in [0.1, 0.15) is 5.56 Å². The molecule has 0 aliphatic carbocycles. The zero-order valence-electron chi connectivity index (χ0n) is 12.4. The number of hydrogen-bond donors (Lipinski definition) is 1. The first kappa shape index (κ1) is 16.5. The van der Waals surface area contributed by atoms with Crippen LogP contribution in [0.4, 0.5) is 29.3 Å². The molecule has 2 aromatic carbocycles. The average Bonchev–Trinajstić information content (AvgIpc) is 3.03. The summed E-state index contributed by atoms with van der Waals surface area (Å²) in [4.78, 5) is 28.0. The minimum atomic E-state index is -4.50. The normalized spacial score (nSPS) is 11.3. The lowest BCUT2D eigenvalue weighted by Crippen LogP contribution is -2.33. The third-order valence-corrected chi connectivity index (χ3v) is 3.38. The van der Waals surface area contributed by atoms with Crippen LogP contribution in [0.15, 0.2) is 53.3 Å². The molecule has 1 N–H and O–H groups in total. The smallest absolute Gasteiger partial charge is 0.416 e. The Morgan fingerprint density at radius 3 is 2.52 bits per heavy atom. The second-order valence-corrected chi connectivity index (χ2v) is 4.99. The Hall–Kier alpha value is -3.36. The largest absolute Gasteiger partial charge is 0.443 e. The zero-order chi connectivity index (χ0) is 18.0. The Balaban J connectivity index is 1.79. The van der Waals surface area contributed by atoms with Gasteiger partial charge in [-0.3, -0.25) is 4.79 Å². The summed E-state index contributed by atoms with van der Waals surface area (Å²) >= 11 is 0. The Kier molecular flexibility index (Phi) is 4.14. The molecule has 3 rings (SSSR count). The van der Waals surface area contributed by atoms with Crippen molar-refractivity contribution in [2.45, 2.75) is 6.18 Å².